The van der Waals surface area contributed by atoms with Crippen LogP contribution in [-0.2, 0) is 20.9 Å². The molecule has 1 N–H and O–H groups in total. The number of nitrogens with zero attached hydrogens (tertiary/aromatic N) is 1. The molecule has 0 saturated heterocycles. The lowest BCUT2D eigenvalue weighted by Gasteiger charge is -2.08. The average molecular weight is 395 g/mol. The van der Waals surface area contributed by atoms with Crippen molar-refractivity contribution in [1.29, 1.82) is 0 Å². The number of hydrogen-bond acceptors (Lipinski definition) is 6. The molecular formula is C17H15ClN2O5S. The Bertz CT molecular complexity index is 798. The highest BCUT2D eigenvalue weighted by Gasteiger charge is 2.10. The molecule has 9 heteroatoms. The third-order valence-electron chi connectivity index (χ3n) is 3.20. The van der Waals surface area contributed by atoms with Gasteiger partial charge in [0.2, 0.25) is 0 Å². The molecule has 0 bridgehead atoms. The van der Waals surface area contributed by atoms with E-state index < -0.39 is 16.8 Å². The van der Waals surface area contributed by atoms with Crippen molar-refractivity contribution in [3.05, 3.63) is 69.2 Å². The fourth-order valence-electron chi connectivity index (χ4n) is 1.88. The van der Waals surface area contributed by atoms with Crippen molar-refractivity contribution in [3.8, 4) is 0 Å². The number of carbonyl (C=O) groups is 2. The fraction of sp³-hybridized carbons (Fsp3) is 0.176. The van der Waals surface area contributed by atoms with Crippen molar-refractivity contribution in [1.82, 2.24) is 5.32 Å². The van der Waals surface area contributed by atoms with Crippen molar-refractivity contribution in [3.63, 3.8) is 0 Å². The summed E-state index contributed by atoms with van der Waals surface area (Å²) in [7, 11) is 0. The third-order valence-corrected chi connectivity index (χ3v) is 4.56. The molecule has 0 fully saturated rings. The van der Waals surface area contributed by atoms with Crippen LogP contribution in [-0.4, -0.2) is 29.2 Å². The smallest absolute Gasteiger partial charge is 0.316 e. The Morgan fingerprint density at radius 1 is 1.15 bits per heavy atom. The molecule has 0 aromatic heterocycles. The summed E-state index contributed by atoms with van der Waals surface area (Å²) in [5.41, 5.74) is 0.745. The van der Waals surface area contributed by atoms with Crippen molar-refractivity contribution >= 4 is 40.9 Å². The zero-order valence-corrected chi connectivity index (χ0v) is 15.1. The number of rotatable bonds is 8. The van der Waals surface area contributed by atoms with Crippen molar-refractivity contribution in [2.24, 2.45) is 0 Å². The number of non-ortho nitro benzene ring substituents is 1. The number of carbonyl (C=O) groups excluding carboxylic acids is 2. The van der Waals surface area contributed by atoms with Crippen LogP contribution < -0.4 is 5.32 Å². The van der Waals surface area contributed by atoms with Crippen LogP contribution in [0.4, 0.5) is 5.69 Å². The highest BCUT2D eigenvalue weighted by atomic mass is 35.5. The molecule has 1 amide bonds. The summed E-state index contributed by atoms with van der Waals surface area (Å²) < 4.78 is 4.89. The summed E-state index contributed by atoms with van der Waals surface area (Å²) >= 11 is 7.15. The molecule has 2 aromatic carbocycles. The van der Waals surface area contributed by atoms with E-state index in [1.807, 2.05) is 6.07 Å². The van der Waals surface area contributed by atoms with Gasteiger partial charge in [0, 0.05) is 28.6 Å². The lowest BCUT2D eigenvalue weighted by atomic mass is 10.2. The minimum atomic E-state index is -0.554. The van der Waals surface area contributed by atoms with E-state index >= 15 is 0 Å². The molecule has 2 rings (SSSR count). The number of thioether (sulfide) groups is 1. The van der Waals surface area contributed by atoms with E-state index in [-0.39, 0.29) is 24.6 Å². The van der Waals surface area contributed by atoms with Crippen LogP contribution in [0.2, 0.25) is 5.02 Å². The van der Waals surface area contributed by atoms with Crippen LogP contribution in [0.5, 0.6) is 0 Å². The summed E-state index contributed by atoms with van der Waals surface area (Å²) in [6.45, 7) is -0.141. The second-order valence-electron chi connectivity index (χ2n) is 5.07. The second-order valence-corrected chi connectivity index (χ2v) is 6.52. The molecular weight excluding hydrogens is 380 g/mol. The first kappa shape index (κ1) is 19.7. The van der Waals surface area contributed by atoms with Gasteiger partial charge in [-0.25, -0.2) is 0 Å². The topological polar surface area (TPSA) is 98.5 Å². The number of benzene rings is 2. The van der Waals surface area contributed by atoms with E-state index in [1.165, 1.54) is 23.9 Å². The molecule has 0 aliphatic heterocycles. The Labute approximate surface area is 158 Å². The minimum Gasteiger partial charge on any atom is -0.455 e. The molecule has 136 valence electrons. The summed E-state index contributed by atoms with van der Waals surface area (Å²) in [5, 5.41) is 13.7. The second kappa shape index (κ2) is 9.79. The van der Waals surface area contributed by atoms with Gasteiger partial charge in [-0.2, -0.15) is 0 Å². The van der Waals surface area contributed by atoms with Crippen LogP contribution in [0, 0.1) is 10.1 Å². The Morgan fingerprint density at radius 3 is 2.50 bits per heavy atom. The maximum absolute atomic E-state index is 11.7. The summed E-state index contributed by atoms with van der Waals surface area (Å²) in [6.07, 6.45) is 0. The SMILES string of the molecule is O=C(COC(=O)CSc1ccc([N+](=O)[O-])cc1)NCc1ccccc1Cl. The lowest BCUT2D eigenvalue weighted by Crippen LogP contribution is -2.28. The maximum atomic E-state index is 11.7. The van der Waals surface area contributed by atoms with E-state index in [0.29, 0.717) is 9.92 Å². The predicted octanol–water partition coefficient (Wildman–Crippen LogP) is 3.20. The maximum Gasteiger partial charge on any atom is 0.316 e. The lowest BCUT2D eigenvalue weighted by molar-refractivity contribution is -0.384. The van der Waals surface area contributed by atoms with Gasteiger partial charge in [-0.1, -0.05) is 29.8 Å². The van der Waals surface area contributed by atoms with Gasteiger partial charge in [-0.15, -0.1) is 11.8 Å². The Morgan fingerprint density at radius 2 is 1.85 bits per heavy atom. The Kier molecular flexibility index (Phi) is 7.43. The molecule has 0 unspecified atom stereocenters. The van der Waals surface area contributed by atoms with Gasteiger partial charge >= 0.3 is 5.97 Å². The average Bonchev–Trinajstić information content (AvgIpc) is 2.64. The van der Waals surface area contributed by atoms with Crippen molar-refractivity contribution in [2.75, 3.05) is 12.4 Å². The van der Waals surface area contributed by atoms with Crippen molar-refractivity contribution in [2.45, 2.75) is 11.4 Å². The first-order chi connectivity index (χ1) is 12.5. The number of nitrogens with one attached hydrogen (secondary N) is 1. The van der Waals surface area contributed by atoms with Gasteiger partial charge in [0.1, 0.15) is 0 Å². The minimum absolute atomic E-state index is 0.00436. The standard InChI is InChI=1S/C17H15ClN2O5S/c18-15-4-2-1-3-12(15)9-19-16(21)10-25-17(22)11-26-14-7-5-13(6-8-14)20(23)24/h1-8H,9-11H2,(H,19,21). The van der Waals surface area contributed by atoms with Gasteiger partial charge in [0.25, 0.3) is 11.6 Å². The van der Waals surface area contributed by atoms with Gasteiger partial charge in [0.15, 0.2) is 6.61 Å². The molecule has 0 spiro atoms. The van der Waals surface area contributed by atoms with E-state index in [9.17, 15) is 19.7 Å². The molecule has 0 heterocycles. The number of ether oxygens (including phenoxy) is 1. The molecule has 7 nitrogen and oxygen atoms in total. The molecule has 2 aromatic rings. The van der Waals surface area contributed by atoms with E-state index in [1.54, 1.807) is 30.3 Å². The normalized spacial score (nSPS) is 10.2. The fourth-order valence-corrected chi connectivity index (χ4v) is 2.78. The van der Waals surface area contributed by atoms with Gasteiger partial charge in [0.05, 0.1) is 10.7 Å². The van der Waals surface area contributed by atoms with E-state index in [0.717, 1.165) is 5.56 Å². The predicted molar refractivity (Wildman–Crippen MR) is 98.1 cm³/mol. The molecule has 0 radical (unpaired) electrons. The molecule has 0 aliphatic rings. The van der Waals surface area contributed by atoms with E-state index in [4.69, 9.17) is 16.3 Å². The largest absolute Gasteiger partial charge is 0.455 e. The van der Waals surface area contributed by atoms with Crippen LogP contribution in [0.1, 0.15) is 5.56 Å². The monoisotopic (exact) mass is 394 g/mol. The van der Waals surface area contributed by atoms with Gasteiger partial charge < -0.3 is 10.1 Å². The zero-order valence-electron chi connectivity index (χ0n) is 13.5. The van der Waals surface area contributed by atoms with E-state index in [2.05, 4.69) is 5.32 Å². The van der Waals surface area contributed by atoms with Crippen molar-refractivity contribution < 1.29 is 19.2 Å². The molecule has 0 aliphatic carbocycles. The van der Waals surface area contributed by atoms with Crippen LogP contribution in [0.3, 0.4) is 0 Å². The number of amides is 1. The summed E-state index contributed by atoms with van der Waals surface area (Å²) in [5.74, 6) is -0.991. The van der Waals surface area contributed by atoms with Crippen LogP contribution >= 0.6 is 23.4 Å². The number of halogens is 1. The first-order valence-corrected chi connectivity index (χ1v) is 8.85. The first-order valence-electron chi connectivity index (χ1n) is 7.48. The molecule has 0 saturated carbocycles. The van der Waals surface area contributed by atoms with Crippen LogP contribution in [0.15, 0.2) is 53.4 Å². The summed E-state index contributed by atoms with van der Waals surface area (Å²) in [4.78, 5) is 34.1. The quantitative estimate of drug-likeness (QED) is 0.319. The number of nitro benzene ring substituents is 1. The molecule has 0 atom stereocenters. The Hall–Kier alpha value is -2.58. The number of esters is 1. The highest BCUT2D eigenvalue weighted by molar-refractivity contribution is 8.00. The Balaban J connectivity index is 1.68. The van der Waals surface area contributed by atoms with Gasteiger partial charge in [-0.05, 0) is 23.8 Å². The number of nitro groups is 1. The zero-order chi connectivity index (χ0) is 18.9. The summed E-state index contributed by atoms with van der Waals surface area (Å²) in [6, 6.07) is 12.9. The highest BCUT2D eigenvalue weighted by Crippen LogP contribution is 2.21. The van der Waals surface area contributed by atoms with Gasteiger partial charge in [-0.3, -0.25) is 19.7 Å². The number of hydrogen-bond donors (Lipinski definition) is 1. The third kappa shape index (κ3) is 6.38. The molecule has 26 heavy (non-hydrogen) atoms. The van der Waals surface area contributed by atoms with Crippen LogP contribution in [0.25, 0.3) is 0 Å².